The number of aromatic nitrogens is 3. The lowest BCUT2D eigenvalue weighted by atomic mass is 10.2. The van der Waals surface area contributed by atoms with Crippen molar-refractivity contribution in [3.8, 4) is 5.75 Å². The SMILES string of the molecule is CCOc1ccc2[nH]c3c(N4CC[NH+](C)CC4)ncnc3c2c1. The third kappa shape index (κ3) is 2.49. The minimum Gasteiger partial charge on any atom is -0.494 e. The minimum atomic E-state index is 0.664. The molecule has 1 aliphatic rings. The van der Waals surface area contributed by atoms with Gasteiger partial charge in [-0.1, -0.05) is 0 Å². The van der Waals surface area contributed by atoms with Gasteiger partial charge in [0.1, 0.15) is 23.1 Å². The maximum absolute atomic E-state index is 5.62. The molecular formula is C17H22N5O+. The lowest BCUT2D eigenvalue weighted by Crippen LogP contribution is -3.12. The highest BCUT2D eigenvalue weighted by molar-refractivity contribution is 6.08. The maximum Gasteiger partial charge on any atom is 0.156 e. The molecule has 4 rings (SSSR count). The van der Waals surface area contributed by atoms with E-state index in [2.05, 4.69) is 39.0 Å². The average Bonchev–Trinajstić information content (AvgIpc) is 2.94. The molecule has 0 atom stereocenters. The number of quaternary nitrogens is 1. The van der Waals surface area contributed by atoms with Crippen LogP contribution in [0.1, 0.15) is 6.92 Å². The fourth-order valence-electron chi connectivity index (χ4n) is 3.26. The normalized spacial score (nSPS) is 16.3. The highest BCUT2D eigenvalue weighted by atomic mass is 16.5. The van der Waals surface area contributed by atoms with Gasteiger partial charge >= 0.3 is 0 Å². The molecule has 0 radical (unpaired) electrons. The standard InChI is InChI=1S/C17H21N5O/c1-3-23-12-4-5-14-13(10-12)15-16(20-14)17(19-11-18-15)22-8-6-21(2)7-9-22/h4-5,10-11,20H,3,6-9H2,1-2H3/p+1. The molecule has 3 heterocycles. The zero-order chi connectivity index (χ0) is 15.8. The molecule has 1 saturated heterocycles. The average molecular weight is 312 g/mol. The van der Waals surface area contributed by atoms with Crippen LogP contribution in [0.5, 0.6) is 5.75 Å². The second kappa shape index (κ2) is 5.70. The van der Waals surface area contributed by atoms with Crippen molar-refractivity contribution in [2.75, 3.05) is 44.7 Å². The Bertz CT molecular complexity index is 835. The number of hydrogen-bond donors (Lipinski definition) is 2. The maximum atomic E-state index is 5.62. The molecule has 0 bridgehead atoms. The van der Waals surface area contributed by atoms with Crippen molar-refractivity contribution in [2.45, 2.75) is 6.92 Å². The van der Waals surface area contributed by atoms with Crippen molar-refractivity contribution in [1.82, 2.24) is 15.0 Å². The second-order valence-corrected chi connectivity index (χ2v) is 6.13. The van der Waals surface area contributed by atoms with Gasteiger partial charge in [0, 0.05) is 10.9 Å². The highest BCUT2D eigenvalue weighted by Gasteiger charge is 2.21. The van der Waals surface area contributed by atoms with Gasteiger partial charge in [-0.2, -0.15) is 0 Å². The van der Waals surface area contributed by atoms with E-state index in [1.807, 2.05) is 13.0 Å². The summed E-state index contributed by atoms with van der Waals surface area (Å²) in [6.45, 7) is 6.99. The summed E-state index contributed by atoms with van der Waals surface area (Å²) in [6, 6.07) is 6.11. The third-order valence-corrected chi connectivity index (χ3v) is 4.56. The van der Waals surface area contributed by atoms with Crippen molar-refractivity contribution in [2.24, 2.45) is 0 Å². The number of benzene rings is 1. The Morgan fingerprint density at radius 3 is 2.87 bits per heavy atom. The first kappa shape index (κ1) is 14.3. The monoisotopic (exact) mass is 312 g/mol. The summed E-state index contributed by atoms with van der Waals surface area (Å²) in [4.78, 5) is 16.5. The van der Waals surface area contributed by atoms with E-state index in [1.165, 1.54) is 0 Å². The summed E-state index contributed by atoms with van der Waals surface area (Å²) in [5, 5.41) is 1.09. The summed E-state index contributed by atoms with van der Waals surface area (Å²) in [5.74, 6) is 1.89. The molecule has 2 aromatic heterocycles. The Labute approximate surface area is 135 Å². The Hall–Kier alpha value is -2.34. The number of aromatic amines is 1. The summed E-state index contributed by atoms with van der Waals surface area (Å²) in [6.07, 6.45) is 1.67. The number of ether oxygens (including phenoxy) is 1. The van der Waals surface area contributed by atoms with Gasteiger partial charge in [0.2, 0.25) is 0 Å². The topological polar surface area (TPSA) is 58.5 Å². The molecule has 0 spiro atoms. The number of piperazine rings is 1. The fourth-order valence-corrected chi connectivity index (χ4v) is 3.26. The quantitative estimate of drug-likeness (QED) is 0.753. The molecule has 23 heavy (non-hydrogen) atoms. The van der Waals surface area contributed by atoms with Gasteiger partial charge in [0.15, 0.2) is 5.82 Å². The predicted octanol–water partition coefficient (Wildman–Crippen LogP) is 0.845. The van der Waals surface area contributed by atoms with Crippen molar-refractivity contribution < 1.29 is 9.64 Å². The molecule has 0 amide bonds. The van der Waals surface area contributed by atoms with Crippen molar-refractivity contribution in [3.05, 3.63) is 24.5 Å². The molecule has 1 fully saturated rings. The number of nitrogens with zero attached hydrogens (tertiary/aromatic N) is 3. The highest BCUT2D eigenvalue weighted by Crippen LogP contribution is 2.31. The first-order valence-electron chi connectivity index (χ1n) is 8.21. The Balaban J connectivity index is 1.82. The van der Waals surface area contributed by atoms with Crippen molar-refractivity contribution in [3.63, 3.8) is 0 Å². The molecule has 3 aromatic rings. The van der Waals surface area contributed by atoms with Crippen LogP contribution < -0.4 is 14.5 Å². The first-order valence-corrected chi connectivity index (χ1v) is 8.21. The minimum absolute atomic E-state index is 0.664. The van der Waals surface area contributed by atoms with E-state index < -0.39 is 0 Å². The first-order chi connectivity index (χ1) is 11.3. The molecule has 0 unspecified atom stereocenters. The van der Waals surface area contributed by atoms with Gasteiger partial charge < -0.3 is 19.5 Å². The van der Waals surface area contributed by atoms with Crippen LogP contribution in [0, 0.1) is 0 Å². The number of H-pyrrole nitrogens is 1. The Kier molecular flexibility index (Phi) is 3.53. The predicted molar refractivity (Wildman–Crippen MR) is 91.4 cm³/mol. The smallest absolute Gasteiger partial charge is 0.156 e. The van der Waals surface area contributed by atoms with Gasteiger partial charge in [-0.15, -0.1) is 0 Å². The van der Waals surface area contributed by atoms with Gasteiger partial charge in [0.05, 0.1) is 39.8 Å². The Morgan fingerprint density at radius 1 is 1.26 bits per heavy atom. The molecule has 6 heteroatoms. The zero-order valence-corrected chi connectivity index (χ0v) is 13.6. The van der Waals surface area contributed by atoms with E-state index in [4.69, 9.17) is 4.74 Å². The van der Waals surface area contributed by atoms with Crippen LogP contribution in [0.2, 0.25) is 0 Å². The summed E-state index contributed by atoms with van der Waals surface area (Å²) in [5.41, 5.74) is 3.07. The van der Waals surface area contributed by atoms with E-state index in [9.17, 15) is 0 Å². The zero-order valence-electron chi connectivity index (χ0n) is 13.6. The van der Waals surface area contributed by atoms with Crippen molar-refractivity contribution in [1.29, 1.82) is 0 Å². The number of rotatable bonds is 3. The van der Waals surface area contributed by atoms with Crippen LogP contribution in [-0.4, -0.2) is 54.8 Å². The van der Waals surface area contributed by atoms with Crippen LogP contribution in [0.25, 0.3) is 21.9 Å². The van der Waals surface area contributed by atoms with Gasteiger partial charge in [-0.05, 0) is 25.1 Å². The molecule has 0 saturated carbocycles. The molecule has 120 valence electrons. The van der Waals surface area contributed by atoms with Gasteiger partial charge in [0.25, 0.3) is 0 Å². The molecule has 1 aromatic carbocycles. The lowest BCUT2D eigenvalue weighted by Gasteiger charge is -2.30. The van der Waals surface area contributed by atoms with E-state index in [-0.39, 0.29) is 0 Å². The Morgan fingerprint density at radius 2 is 2.09 bits per heavy atom. The van der Waals surface area contributed by atoms with Crippen LogP contribution in [0.3, 0.4) is 0 Å². The largest absolute Gasteiger partial charge is 0.494 e. The lowest BCUT2D eigenvalue weighted by molar-refractivity contribution is -0.880. The van der Waals surface area contributed by atoms with Crippen LogP contribution in [0.15, 0.2) is 24.5 Å². The molecular weight excluding hydrogens is 290 g/mol. The number of likely N-dealkylation sites (N-methyl/N-ethyl adjacent to an activating group) is 1. The van der Waals surface area contributed by atoms with E-state index >= 15 is 0 Å². The fraction of sp³-hybridized carbons (Fsp3) is 0.412. The molecule has 2 N–H and O–H groups in total. The van der Waals surface area contributed by atoms with Crippen LogP contribution >= 0.6 is 0 Å². The summed E-state index contributed by atoms with van der Waals surface area (Å²) < 4.78 is 5.62. The van der Waals surface area contributed by atoms with Gasteiger partial charge in [-0.3, -0.25) is 0 Å². The van der Waals surface area contributed by atoms with E-state index in [0.717, 1.165) is 59.7 Å². The number of hydrogen-bond acceptors (Lipinski definition) is 4. The molecule has 0 aliphatic carbocycles. The number of fused-ring (bicyclic) bond motifs is 3. The molecule has 1 aliphatic heterocycles. The third-order valence-electron chi connectivity index (χ3n) is 4.56. The van der Waals surface area contributed by atoms with E-state index in [1.54, 1.807) is 11.2 Å². The number of anilines is 1. The summed E-state index contributed by atoms with van der Waals surface area (Å²) >= 11 is 0. The second-order valence-electron chi connectivity index (χ2n) is 6.13. The van der Waals surface area contributed by atoms with Crippen LogP contribution in [-0.2, 0) is 0 Å². The van der Waals surface area contributed by atoms with Gasteiger partial charge in [-0.25, -0.2) is 9.97 Å². The van der Waals surface area contributed by atoms with Crippen molar-refractivity contribution >= 4 is 27.8 Å². The molecule has 6 nitrogen and oxygen atoms in total. The summed E-state index contributed by atoms with van der Waals surface area (Å²) in [7, 11) is 2.24. The van der Waals surface area contributed by atoms with Crippen LogP contribution in [0.4, 0.5) is 5.82 Å². The number of nitrogens with one attached hydrogen (secondary N) is 2. The van der Waals surface area contributed by atoms with E-state index in [0.29, 0.717) is 6.61 Å².